The molecule has 2 heteroatoms. The van der Waals surface area contributed by atoms with Gasteiger partial charge < -0.3 is 9.32 Å². The number of aryl methyl sites for hydroxylation is 2. The van der Waals surface area contributed by atoms with Crippen LogP contribution in [0.25, 0.3) is 16.5 Å². The van der Waals surface area contributed by atoms with E-state index in [-0.39, 0.29) is 0 Å². The Morgan fingerprint density at radius 3 is 2.72 bits per heavy atom. The Morgan fingerprint density at radius 2 is 2.00 bits per heavy atom. The molecule has 0 aliphatic carbocycles. The van der Waals surface area contributed by atoms with Crippen LogP contribution in [0.15, 0.2) is 28.7 Å². The number of fused-ring (bicyclic) bond motifs is 1. The van der Waals surface area contributed by atoms with E-state index in [1.807, 2.05) is 0 Å². The Kier molecular flexibility index (Phi) is 2.75. The minimum Gasteiger partial charge on any atom is -0.456 e. The van der Waals surface area contributed by atoms with Gasteiger partial charge in [0.15, 0.2) is 0 Å². The number of rotatable bonds is 1. The highest BCUT2D eigenvalue weighted by atomic mass is 16.3. The number of hydrogen-bond acceptors (Lipinski definition) is 2. The van der Waals surface area contributed by atoms with Crippen molar-refractivity contribution in [3.63, 3.8) is 0 Å². The first-order valence-electron chi connectivity index (χ1n) is 6.52. The molecule has 1 aliphatic rings. The lowest BCUT2D eigenvalue weighted by Crippen LogP contribution is -2.23. The SMILES string of the molecule is Cc1cc(C)c2oc(C3=CCN(C)CC3)cc2c1. The zero-order chi connectivity index (χ0) is 12.7. The second kappa shape index (κ2) is 4.29. The van der Waals surface area contributed by atoms with E-state index in [2.05, 4.69) is 50.1 Å². The van der Waals surface area contributed by atoms with Gasteiger partial charge >= 0.3 is 0 Å². The quantitative estimate of drug-likeness (QED) is 0.755. The summed E-state index contributed by atoms with van der Waals surface area (Å²) in [5, 5.41) is 1.22. The molecule has 0 saturated carbocycles. The summed E-state index contributed by atoms with van der Waals surface area (Å²) in [5.74, 6) is 1.05. The molecule has 0 bridgehead atoms. The monoisotopic (exact) mass is 241 g/mol. The molecule has 1 aromatic carbocycles. The van der Waals surface area contributed by atoms with E-state index in [0.29, 0.717) is 0 Å². The maximum atomic E-state index is 6.04. The predicted octanol–water partition coefficient (Wildman–Crippen LogP) is 3.77. The van der Waals surface area contributed by atoms with Gasteiger partial charge in [-0.05, 0) is 50.6 Å². The largest absolute Gasteiger partial charge is 0.456 e. The predicted molar refractivity (Wildman–Crippen MR) is 75.8 cm³/mol. The van der Waals surface area contributed by atoms with Crippen molar-refractivity contribution in [2.45, 2.75) is 20.3 Å². The van der Waals surface area contributed by atoms with Crippen LogP contribution in [0.3, 0.4) is 0 Å². The van der Waals surface area contributed by atoms with Crippen molar-refractivity contribution >= 4 is 16.5 Å². The van der Waals surface area contributed by atoms with E-state index in [1.165, 1.54) is 22.1 Å². The van der Waals surface area contributed by atoms with Gasteiger partial charge in [0.05, 0.1) is 0 Å². The lowest BCUT2D eigenvalue weighted by Gasteiger charge is -2.20. The van der Waals surface area contributed by atoms with Crippen molar-refractivity contribution in [3.05, 3.63) is 41.2 Å². The third-order valence-corrected chi connectivity index (χ3v) is 3.68. The molecule has 1 aliphatic heterocycles. The molecule has 94 valence electrons. The highest BCUT2D eigenvalue weighted by Crippen LogP contribution is 2.30. The van der Waals surface area contributed by atoms with Crippen molar-refractivity contribution < 1.29 is 4.42 Å². The Hall–Kier alpha value is -1.54. The fourth-order valence-corrected chi connectivity index (χ4v) is 2.67. The molecule has 0 saturated heterocycles. The average molecular weight is 241 g/mol. The van der Waals surface area contributed by atoms with Crippen molar-refractivity contribution in [2.75, 3.05) is 20.1 Å². The van der Waals surface area contributed by atoms with Crippen LogP contribution in [-0.4, -0.2) is 25.0 Å². The van der Waals surface area contributed by atoms with Gasteiger partial charge in [0, 0.05) is 18.5 Å². The summed E-state index contributed by atoms with van der Waals surface area (Å²) in [7, 11) is 2.15. The maximum absolute atomic E-state index is 6.04. The number of benzene rings is 1. The average Bonchev–Trinajstić information content (AvgIpc) is 2.74. The lowest BCUT2D eigenvalue weighted by atomic mass is 10.0. The summed E-state index contributed by atoms with van der Waals surface area (Å²) in [6.45, 7) is 6.38. The van der Waals surface area contributed by atoms with E-state index in [9.17, 15) is 0 Å². The highest BCUT2D eigenvalue weighted by molar-refractivity contribution is 5.85. The molecule has 2 aromatic rings. The topological polar surface area (TPSA) is 16.4 Å². The van der Waals surface area contributed by atoms with Crippen LogP contribution in [0.4, 0.5) is 0 Å². The highest BCUT2D eigenvalue weighted by Gasteiger charge is 2.14. The van der Waals surface area contributed by atoms with E-state index < -0.39 is 0 Å². The number of furan rings is 1. The van der Waals surface area contributed by atoms with Crippen LogP contribution >= 0.6 is 0 Å². The Morgan fingerprint density at radius 1 is 1.17 bits per heavy atom. The second-order valence-corrected chi connectivity index (χ2v) is 5.35. The van der Waals surface area contributed by atoms with Crippen molar-refractivity contribution in [1.82, 2.24) is 4.90 Å². The first kappa shape index (κ1) is 11.5. The number of likely N-dealkylation sites (N-methyl/N-ethyl adjacent to an activating group) is 1. The van der Waals surface area contributed by atoms with E-state index >= 15 is 0 Å². The summed E-state index contributed by atoms with van der Waals surface area (Å²) in [6, 6.07) is 6.57. The Balaban J connectivity index is 2.06. The van der Waals surface area contributed by atoms with Crippen LogP contribution < -0.4 is 0 Å². The van der Waals surface area contributed by atoms with Gasteiger partial charge in [0.25, 0.3) is 0 Å². The third-order valence-electron chi connectivity index (χ3n) is 3.68. The summed E-state index contributed by atoms with van der Waals surface area (Å²) in [6.07, 6.45) is 3.36. The number of nitrogens with zero attached hydrogens (tertiary/aromatic N) is 1. The van der Waals surface area contributed by atoms with Crippen LogP contribution in [0, 0.1) is 13.8 Å². The molecule has 0 radical (unpaired) electrons. The zero-order valence-corrected chi connectivity index (χ0v) is 11.3. The van der Waals surface area contributed by atoms with Crippen LogP contribution in [0.1, 0.15) is 23.3 Å². The standard InChI is InChI=1S/C16H19NO/c1-11-8-12(2)16-14(9-11)10-15(18-16)13-4-6-17(3)7-5-13/h4,8-10H,5-7H2,1-3H3. The fraction of sp³-hybridized carbons (Fsp3) is 0.375. The lowest BCUT2D eigenvalue weighted by molar-refractivity contribution is 0.368. The van der Waals surface area contributed by atoms with Crippen LogP contribution in [-0.2, 0) is 0 Å². The van der Waals surface area contributed by atoms with Crippen molar-refractivity contribution in [2.24, 2.45) is 0 Å². The molecular formula is C16H19NO. The minimum absolute atomic E-state index is 1.02. The molecule has 0 atom stereocenters. The molecule has 0 amide bonds. The molecule has 0 N–H and O–H groups in total. The minimum atomic E-state index is 1.02. The molecule has 1 aromatic heterocycles. The van der Waals surface area contributed by atoms with E-state index in [0.717, 1.165) is 30.9 Å². The zero-order valence-electron chi connectivity index (χ0n) is 11.3. The molecule has 0 unspecified atom stereocenters. The Labute approximate surface area is 108 Å². The van der Waals surface area contributed by atoms with Gasteiger partial charge in [-0.2, -0.15) is 0 Å². The second-order valence-electron chi connectivity index (χ2n) is 5.35. The van der Waals surface area contributed by atoms with Gasteiger partial charge in [0.2, 0.25) is 0 Å². The van der Waals surface area contributed by atoms with Gasteiger partial charge in [0.1, 0.15) is 11.3 Å². The van der Waals surface area contributed by atoms with Gasteiger partial charge in [-0.3, -0.25) is 0 Å². The van der Waals surface area contributed by atoms with Crippen molar-refractivity contribution in [3.8, 4) is 0 Å². The fourth-order valence-electron chi connectivity index (χ4n) is 2.67. The molecular weight excluding hydrogens is 222 g/mol. The van der Waals surface area contributed by atoms with E-state index in [1.54, 1.807) is 0 Å². The maximum Gasteiger partial charge on any atom is 0.137 e. The first-order valence-corrected chi connectivity index (χ1v) is 6.52. The first-order chi connectivity index (χ1) is 8.63. The molecule has 0 fully saturated rings. The van der Waals surface area contributed by atoms with Crippen molar-refractivity contribution in [1.29, 1.82) is 0 Å². The van der Waals surface area contributed by atoms with Gasteiger partial charge in [-0.25, -0.2) is 0 Å². The normalized spacial score (nSPS) is 17.2. The molecule has 2 heterocycles. The van der Waals surface area contributed by atoms with Gasteiger partial charge in [-0.1, -0.05) is 17.7 Å². The van der Waals surface area contributed by atoms with Crippen LogP contribution in [0.5, 0.6) is 0 Å². The third kappa shape index (κ3) is 1.97. The molecule has 0 spiro atoms. The van der Waals surface area contributed by atoms with Crippen LogP contribution in [0.2, 0.25) is 0 Å². The number of hydrogen-bond donors (Lipinski definition) is 0. The van der Waals surface area contributed by atoms with E-state index in [4.69, 9.17) is 4.42 Å². The molecule has 3 rings (SSSR count). The smallest absolute Gasteiger partial charge is 0.137 e. The van der Waals surface area contributed by atoms with Gasteiger partial charge in [-0.15, -0.1) is 0 Å². The summed E-state index contributed by atoms with van der Waals surface area (Å²) >= 11 is 0. The summed E-state index contributed by atoms with van der Waals surface area (Å²) in [5.41, 5.74) is 4.91. The Bertz CT molecular complexity index is 621. The summed E-state index contributed by atoms with van der Waals surface area (Å²) < 4.78 is 6.04. The molecule has 2 nitrogen and oxygen atoms in total. The molecule has 18 heavy (non-hydrogen) atoms. The summed E-state index contributed by atoms with van der Waals surface area (Å²) in [4.78, 5) is 2.32.